The summed E-state index contributed by atoms with van der Waals surface area (Å²) in [6.45, 7) is 3.58. The lowest BCUT2D eigenvalue weighted by Crippen LogP contribution is -2.60. The van der Waals surface area contributed by atoms with Crippen molar-refractivity contribution < 1.29 is 33.9 Å². The molecule has 1 aromatic carbocycles. The lowest BCUT2D eigenvalue weighted by atomic mass is 9.72. The van der Waals surface area contributed by atoms with Crippen LogP contribution in [0.5, 0.6) is 0 Å². The molecule has 0 aliphatic carbocycles. The summed E-state index contributed by atoms with van der Waals surface area (Å²) in [5.74, 6) is -3.86. The van der Waals surface area contributed by atoms with E-state index in [9.17, 15) is 19.5 Å². The molecule has 0 saturated carbocycles. The summed E-state index contributed by atoms with van der Waals surface area (Å²) >= 11 is 11.9. The molecule has 9 nitrogen and oxygen atoms in total. The highest BCUT2D eigenvalue weighted by atomic mass is 35.5. The molecule has 1 amide bonds. The van der Waals surface area contributed by atoms with Gasteiger partial charge in [0.1, 0.15) is 0 Å². The first-order chi connectivity index (χ1) is 13.6. The standard InChI is InChI=1S/C17H21BCl2N2O7/c1-8(2)5-12(18-28-15(16(25)26)14(24)17(27)29-18)22-13(23)7-21-11-6-9(19)3-4-10(11)20/h3-4,6,8,12,14-15,21,24H,5,7H2,1-2H3,(H,22,23)(H,25,26)/t12-,14+,15+/m0/s1. The van der Waals surface area contributed by atoms with Gasteiger partial charge in [-0.05, 0) is 30.5 Å². The van der Waals surface area contributed by atoms with E-state index in [1.165, 1.54) is 0 Å². The molecular weight excluding hydrogens is 426 g/mol. The molecule has 1 saturated heterocycles. The van der Waals surface area contributed by atoms with E-state index in [0.717, 1.165) is 0 Å². The summed E-state index contributed by atoms with van der Waals surface area (Å²) < 4.78 is 10.2. The number of hydrogen-bond donors (Lipinski definition) is 4. The molecule has 1 fully saturated rings. The molecule has 0 aromatic heterocycles. The van der Waals surface area contributed by atoms with Crippen LogP contribution in [0.2, 0.25) is 10.0 Å². The second kappa shape index (κ2) is 10.2. The number of carboxylic acids is 1. The minimum absolute atomic E-state index is 0.0630. The Hall–Kier alpha value is -2.01. The van der Waals surface area contributed by atoms with Crippen molar-refractivity contribution >= 4 is 53.9 Å². The zero-order valence-electron chi connectivity index (χ0n) is 15.7. The van der Waals surface area contributed by atoms with Gasteiger partial charge in [-0.2, -0.15) is 0 Å². The maximum Gasteiger partial charge on any atom is 0.552 e. The van der Waals surface area contributed by atoms with Crippen molar-refractivity contribution in [2.75, 3.05) is 11.9 Å². The Morgan fingerprint density at radius 1 is 1.31 bits per heavy atom. The Morgan fingerprint density at radius 2 is 2.00 bits per heavy atom. The molecule has 3 atom stereocenters. The van der Waals surface area contributed by atoms with Gasteiger partial charge >= 0.3 is 19.1 Å². The zero-order valence-corrected chi connectivity index (χ0v) is 17.2. The van der Waals surface area contributed by atoms with Crippen LogP contribution in [0.1, 0.15) is 20.3 Å². The number of halogens is 2. The van der Waals surface area contributed by atoms with Crippen molar-refractivity contribution in [2.24, 2.45) is 5.92 Å². The van der Waals surface area contributed by atoms with Gasteiger partial charge in [0.15, 0.2) is 12.2 Å². The van der Waals surface area contributed by atoms with Gasteiger partial charge < -0.3 is 30.2 Å². The SMILES string of the molecule is CC(C)C[C@H](NC(=O)CNc1cc(Cl)ccc1Cl)B1OC(=O)[C@H](O)[C@H](C(=O)O)O1. The normalized spacial score (nSPS) is 20.2. The topological polar surface area (TPSA) is 134 Å². The Bertz CT molecular complexity index is 780. The first kappa shape index (κ1) is 23.3. The molecule has 0 bridgehead atoms. The highest BCUT2D eigenvalue weighted by molar-refractivity contribution is 6.50. The molecule has 0 unspecified atom stereocenters. The minimum atomic E-state index is -1.94. The number of aliphatic hydroxyl groups excluding tert-OH is 1. The molecule has 1 aromatic rings. The van der Waals surface area contributed by atoms with E-state index in [2.05, 4.69) is 10.6 Å². The van der Waals surface area contributed by atoms with Crippen molar-refractivity contribution in [1.82, 2.24) is 5.32 Å². The molecule has 1 heterocycles. The summed E-state index contributed by atoms with van der Waals surface area (Å²) in [5, 5.41) is 25.1. The van der Waals surface area contributed by atoms with Crippen molar-refractivity contribution in [2.45, 2.75) is 38.4 Å². The van der Waals surface area contributed by atoms with E-state index in [-0.39, 0.29) is 12.5 Å². The first-order valence-electron chi connectivity index (χ1n) is 8.83. The lowest BCUT2D eigenvalue weighted by molar-refractivity contribution is -0.172. The Balaban J connectivity index is 2.05. The summed E-state index contributed by atoms with van der Waals surface area (Å²) in [6.07, 6.45) is -3.38. The maximum atomic E-state index is 12.4. The van der Waals surface area contributed by atoms with Gasteiger partial charge in [0.05, 0.1) is 23.2 Å². The summed E-state index contributed by atoms with van der Waals surface area (Å²) in [7, 11) is -1.35. The molecule has 1 aliphatic rings. The van der Waals surface area contributed by atoms with Crippen LogP contribution in [-0.4, -0.2) is 59.9 Å². The predicted molar refractivity (Wildman–Crippen MR) is 107 cm³/mol. The van der Waals surface area contributed by atoms with E-state index in [4.69, 9.17) is 37.6 Å². The van der Waals surface area contributed by atoms with Crippen LogP contribution < -0.4 is 10.6 Å². The number of benzene rings is 1. The van der Waals surface area contributed by atoms with Crippen molar-refractivity contribution in [1.29, 1.82) is 0 Å². The minimum Gasteiger partial charge on any atom is -0.506 e. The van der Waals surface area contributed by atoms with Crippen LogP contribution in [0.3, 0.4) is 0 Å². The number of rotatable bonds is 8. The first-order valence-corrected chi connectivity index (χ1v) is 9.59. The largest absolute Gasteiger partial charge is 0.552 e. The number of carboxylic acid groups (broad SMARTS) is 1. The molecule has 4 N–H and O–H groups in total. The monoisotopic (exact) mass is 446 g/mol. The van der Waals surface area contributed by atoms with Crippen LogP contribution in [0.15, 0.2) is 18.2 Å². The molecule has 12 heteroatoms. The number of aliphatic carboxylic acids is 1. The number of carbonyl (C=O) groups excluding carboxylic acids is 2. The molecule has 0 spiro atoms. The third kappa shape index (κ3) is 6.50. The van der Waals surface area contributed by atoms with E-state index < -0.39 is 43.1 Å². The summed E-state index contributed by atoms with van der Waals surface area (Å²) in [5.41, 5.74) is 0.462. The maximum absolute atomic E-state index is 12.4. The van der Waals surface area contributed by atoms with Crippen LogP contribution in [0.25, 0.3) is 0 Å². The van der Waals surface area contributed by atoms with Gasteiger partial charge in [-0.3, -0.25) is 9.59 Å². The van der Waals surface area contributed by atoms with Gasteiger partial charge in [-0.15, -0.1) is 0 Å². The van der Waals surface area contributed by atoms with Crippen LogP contribution in [0.4, 0.5) is 5.69 Å². The number of amides is 1. The molecular formula is C17H21BCl2N2O7. The fourth-order valence-corrected chi connectivity index (χ4v) is 3.09. The predicted octanol–water partition coefficient (Wildman–Crippen LogP) is 1.35. The smallest absolute Gasteiger partial charge is 0.506 e. The number of carbonyl (C=O) groups is 3. The van der Waals surface area contributed by atoms with E-state index in [0.29, 0.717) is 22.2 Å². The highest BCUT2D eigenvalue weighted by Crippen LogP contribution is 2.25. The summed E-state index contributed by atoms with van der Waals surface area (Å²) in [6, 6.07) is 4.75. The second-order valence-electron chi connectivity index (χ2n) is 6.93. The van der Waals surface area contributed by atoms with Crippen LogP contribution in [-0.2, 0) is 23.7 Å². The third-order valence-corrected chi connectivity index (χ3v) is 4.62. The average Bonchev–Trinajstić information content (AvgIpc) is 2.63. The van der Waals surface area contributed by atoms with Crippen LogP contribution >= 0.6 is 23.2 Å². The van der Waals surface area contributed by atoms with Gasteiger partial charge in [0.2, 0.25) is 5.91 Å². The Morgan fingerprint density at radius 3 is 2.62 bits per heavy atom. The van der Waals surface area contributed by atoms with Crippen LogP contribution in [0, 0.1) is 5.92 Å². The Labute approximate surface area is 177 Å². The average molecular weight is 447 g/mol. The van der Waals surface area contributed by atoms with E-state index in [1.54, 1.807) is 18.2 Å². The van der Waals surface area contributed by atoms with Crippen molar-refractivity contribution in [3.8, 4) is 0 Å². The quantitative estimate of drug-likeness (QED) is 0.439. The number of aliphatic hydroxyl groups is 1. The fourth-order valence-electron chi connectivity index (χ4n) is 2.74. The van der Waals surface area contributed by atoms with Gasteiger partial charge in [-0.1, -0.05) is 37.0 Å². The molecule has 0 radical (unpaired) electrons. The van der Waals surface area contributed by atoms with Crippen molar-refractivity contribution in [3.05, 3.63) is 28.2 Å². The fraction of sp³-hybridized carbons (Fsp3) is 0.471. The molecule has 158 valence electrons. The zero-order chi connectivity index (χ0) is 21.7. The summed E-state index contributed by atoms with van der Waals surface area (Å²) in [4.78, 5) is 35.4. The van der Waals surface area contributed by atoms with Gasteiger partial charge in [-0.25, -0.2) is 4.79 Å². The molecule has 1 aliphatic heterocycles. The third-order valence-electron chi connectivity index (χ3n) is 4.05. The van der Waals surface area contributed by atoms with Gasteiger partial charge in [0, 0.05) is 5.02 Å². The number of hydrogen-bond acceptors (Lipinski definition) is 7. The second-order valence-corrected chi connectivity index (χ2v) is 7.77. The van der Waals surface area contributed by atoms with Gasteiger partial charge in [0.25, 0.3) is 0 Å². The Kier molecular flexibility index (Phi) is 8.15. The van der Waals surface area contributed by atoms with E-state index >= 15 is 0 Å². The van der Waals surface area contributed by atoms with E-state index in [1.807, 2.05) is 13.8 Å². The highest BCUT2D eigenvalue weighted by Gasteiger charge is 2.49. The molecule has 29 heavy (non-hydrogen) atoms. The number of anilines is 1. The number of nitrogens with one attached hydrogen (secondary N) is 2. The van der Waals surface area contributed by atoms with Crippen molar-refractivity contribution in [3.63, 3.8) is 0 Å². The lowest BCUT2D eigenvalue weighted by Gasteiger charge is -2.33. The molecule has 2 rings (SSSR count).